The molecule has 3 aromatic rings. The number of likely N-dealkylation sites (N-methyl/N-ethyl adjacent to an activating group) is 2. The number of halogens is 2. The Balaban J connectivity index is 1.33. The second kappa shape index (κ2) is 11.6. The van der Waals surface area contributed by atoms with E-state index in [1.54, 1.807) is 30.3 Å². The third-order valence-corrected chi connectivity index (χ3v) is 6.61. The largest absolute Gasteiger partial charge is 0.378 e. The molecule has 0 atom stereocenters. The van der Waals surface area contributed by atoms with Gasteiger partial charge in [-0.25, -0.2) is 18.7 Å². The summed E-state index contributed by atoms with van der Waals surface area (Å²) in [6.45, 7) is 1.60. The second-order valence-electron chi connectivity index (χ2n) is 9.13. The van der Waals surface area contributed by atoms with Crippen molar-refractivity contribution in [1.29, 1.82) is 0 Å². The molecular formula is C25H29F2N7O2S. The minimum atomic E-state index is -0.897. The van der Waals surface area contributed by atoms with Crippen LogP contribution in [0.2, 0.25) is 0 Å². The van der Waals surface area contributed by atoms with E-state index in [0.717, 1.165) is 24.3 Å². The molecule has 1 aliphatic carbocycles. The summed E-state index contributed by atoms with van der Waals surface area (Å²) in [6, 6.07) is 5.37. The first-order chi connectivity index (χ1) is 17.7. The minimum absolute atomic E-state index is 0.0303. The van der Waals surface area contributed by atoms with Crippen molar-refractivity contribution in [2.45, 2.75) is 25.4 Å². The Morgan fingerprint density at radius 3 is 2.51 bits per heavy atom. The predicted molar refractivity (Wildman–Crippen MR) is 139 cm³/mol. The van der Waals surface area contributed by atoms with E-state index >= 15 is 0 Å². The number of aromatic nitrogens is 2. The Morgan fingerprint density at radius 2 is 1.84 bits per heavy atom. The van der Waals surface area contributed by atoms with Gasteiger partial charge in [-0.1, -0.05) is 11.3 Å². The highest BCUT2D eigenvalue weighted by molar-refractivity contribution is 7.15. The van der Waals surface area contributed by atoms with Crippen molar-refractivity contribution in [1.82, 2.24) is 25.1 Å². The fourth-order valence-corrected chi connectivity index (χ4v) is 4.11. The van der Waals surface area contributed by atoms with Crippen LogP contribution in [0.15, 0.2) is 36.7 Å². The van der Waals surface area contributed by atoms with Crippen molar-refractivity contribution >= 4 is 39.8 Å². The first-order valence-electron chi connectivity index (χ1n) is 11.8. The van der Waals surface area contributed by atoms with Crippen LogP contribution in [-0.2, 0) is 6.54 Å². The van der Waals surface area contributed by atoms with Gasteiger partial charge in [-0.05, 0) is 45.1 Å². The van der Waals surface area contributed by atoms with Gasteiger partial charge in [0.15, 0.2) is 5.13 Å². The first kappa shape index (κ1) is 26.4. The van der Waals surface area contributed by atoms with E-state index in [1.165, 1.54) is 23.6 Å². The van der Waals surface area contributed by atoms with Crippen LogP contribution in [0.25, 0.3) is 0 Å². The molecule has 1 aromatic carbocycles. The lowest BCUT2D eigenvalue weighted by molar-refractivity contribution is 0.0785. The highest BCUT2D eigenvalue weighted by atomic mass is 32.1. The van der Waals surface area contributed by atoms with Gasteiger partial charge >= 0.3 is 0 Å². The molecular weight excluding hydrogens is 500 g/mol. The summed E-state index contributed by atoms with van der Waals surface area (Å²) >= 11 is 1.33. The number of hydrogen-bond donors (Lipinski definition) is 3. The van der Waals surface area contributed by atoms with Crippen molar-refractivity contribution in [3.05, 3.63) is 64.3 Å². The molecule has 0 bridgehead atoms. The zero-order valence-electron chi connectivity index (χ0n) is 20.8. The molecule has 196 valence electrons. The number of nitrogens with zero attached hydrogens (tertiary/aromatic N) is 4. The number of benzene rings is 1. The molecule has 1 fully saturated rings. The van der Waals surface area contributed by atoms with Gasteiger partial charge in [-0.2, -0.15) is 0 Å². The molecule has 9 nitrogen and oxygen atoms in total. The van der Waals surface area contributed by atoms with Gasteiger partial charge in [-0.3, -0.25) is 9.59 Å². The zero-order chi connectivity index (χ0) is 26.5. The van der Waals surface area contributed by atoms with Crippen molar-refractivity contribution in [2.24, 2.45) is 0 Å². The van der Waals surface area contributed by atoms with Crippen LogP contribution in [-0.4, -0.2) is 71.9 Å². The molecule has 1 aliphatic rings. The zero-order valence-corrected chi connectivity index (χ0v) is 21.7. The van der Waals surface area contributed by atoms with Gasteiger partial charge < -0.3 is 25.8 Å². The normalized spacial score (nSPS) is 12.9. The van der Waals surface area contributed by atoms with Crippen molar-refractivity contribution in [3.63, 3.8) is 0 Å². The number of pyridine rings is 1. The Kier molecular flexibility index (Phi) is 8.29. The van der Waals surface area contributed by atoms with Gasteiger partial charge in [0, 0.05) is 49.5 Å². The standard InChI is InChI=1S/C25H29F2N7O2S/c1-33(2)8-9-34(3)24(36)15-4-7-22(29-12-15)32-25-30-14-17(37-25)13-28-21-10-18(19(26)11-20(21)27)23(35)31-16-5-6-16/h4,7,10-12,14,16,28H,5-6,8-9,13H2,1-3H3,(H,31,35)(H,29,30,32). The summed E-state index contributed by atoms with van der Waals surface area (Å²) in [4.78, 5) is 37.8. The third-order valence-electron chi connectivity index (χ3n) is 5.70. The van der Waals surface area contributed by atoms with Gasteiger partial charge in [0.2, 0.25) is 0 Å². The third kappa shape index (κ3) is 7.20. The fraction of sp³-hybridized carbons (Fsp3) is 0.360. The minimum Gasteiger partial charge on any atom is -0.378 e. The van der Waals surface area contributed by atoms with Crippen LogP contribution in [0.5, 0.6) is 0 Å². The molecule has 1 saturated carbocycles. The lowest BCUT2D eigenvalue weighted by Gasteiger charge is -2.19. The SMILES string of the molecule is CN(C)CCN(C)C(=O)c1ccc(Nc2ncc(CNc3cc(C(=O)NC4CC4)c(F)cc3F)s2)nc1. The van der Waals surface area contributed by atoms with Crippen molar-refractivity contribution in [3.8, 4) is 0 Å². The molecule has 4 rings (SSSR count). The monoisotopic (exact) mass is 529 g/mol. The molecule has 12 heteroatoms. The molecule has 37 heavy (non-hydrogen) atoms. The van der Waals surface area contributed by atoms with Gasteiger partial charge in [0.1, 0.15) is 17.5 Å². The molecule has 0 unspecified atom stereocenters. The maximum atomic E-state index is 14.3. The molecule has 0 aliphatic heterocycles. The Bertz CT molecular complexity index is 1260. The lowest BCUT2D eigenvalue weighted by Crippen LogP contribution is -2.33. The highest BCUT2D eigenvalue weighted by Gasteiger charge is 2.26. The summed E-state index contributed by atoms with van der Waals surface area (Å²) < 4.78 is 28.4. The average molecular weight is 530 g/mol. The molecule has 2 amide bonds. The van der Waals surface area contributed by atoms with Gasteiger partial charge in [0.05, 0.1) is 23.4 Å². The summed E-state index contributed by atoms with van der Waals surface area (Å²) in [5, 5.41) is 9.26. The number of nitrogens with one attached hydrogen (secondary N) is 3. The summed E-state index contributed by atoms with van der Waals surface area (Å²) in [6.07, 6.45) is 4.88. The van der Waals surface area contributed by atoms with E-state index in [2.05, 4.69) is 25.9 Å². The van der Waals surface area contributed by atoms with Crippen LogP contribution < -0.4 is 16.0 Å². The summed E-state index contributed by atoms with van der Waals surface area (Å²) in [5.41, 5.74) is 0.324. The fourth-order valence-electron chi connectivity index (χ4n) is 3.35. The number of rotatable bonds is 11. The number of amides is 2. The van der Waals surface area contributed by atoms with E-state index in [4.69, 9.17) is 0 Å². The number of anilines is 3. The highest BCUT2D eigenvalue weighted by Crippen LogP contribution is 2.26. The van der Waals surface area contributed by atoms with Gasteiger partial charge in [0.25, 0.3) is 11.8 Å². The van der Waals surface area contributed by atoms with E-state index in [0.29, 0.717) is 29.1 Å². The maximum Gasteiger partial charge on any atom is 0.255 e. The molecule has 0 radical (unpaired) electrons. The first-order valence-corrected chi connectivity index (χ1v) is 12.6. The lowest BCUT2D eigenvalue weighted by atomic mass is 10.1. The number of carbonyl (C=O) groups excluding carboxylic acids is 2. The van der Waals surface area contributed by atoms with E-state index in [1.807, 2.05) is 19.0 Å². The van der Waals surface area contributed by atoms with Crippen LogP contribution in [0.1, 0.15) is 38.4 Å². The van der Waals surface area contributed by atoms with Crippen LogP contribution in [0, 0.1) is 11.6 Å². The summed E-state index contributed by atoms with van der Waals surface area (Å²) in [5.74, 6) is -1.81. The number of hydrogen-bond acceptors (Lipinski definition) is 8. The maximum absolute atomic E-state index is 14.3. The Hall–Kier alpha value is -3.64. The van der Waals surface area contributed by atoms with Gasteiger partial charge in [-0.15, -0.1) is 0 Å². The Labute approximate surface area is 217 Å². The quantitative estimate of drug-likeness (QED) is 0.348. The summed E-state index contributed by atoms with van der Waals surface area (Å²) in [7, 11) is 5.66. The van der Waals surface area contributed by atoms with Crippen molar-refractivity contribution in [2.75, 3.05) is 44.9 Å². The molecule has 2 aromatic heterocycles. The molecule has 0 spiro atoms. The second-order valence-corrected chi connectivity index (χ2v) is 10.2. The number of carbonyl (C=O) groups is 2. The van der Waals surface area contributed by atoms with Crippen LogP contribution in [0.4, 0.5) is 25.4 Å². The van der Waals surface area contributed by atoms with E-state index in [-0.39, 0.29) is 29.7 Å². The number of thiazole rings is 1. The predicted octanol–water partition coefficient (Wildman–Crippen LogP) is 3.70. The molecule has 3 N–H and O–H groups in total. The molecule has 2 heterocycles. The van der Waals surface area contributed by atoms with E-state index in [9.17, 15) is 18.4 Å². The average Bonchev–Trinajstić information content (AvgIpc) is 3.57. The molecule has 0 saturated heterocycles. The van der Waals surface area contributed by atoms with E-state index < -0.39 is 17.5 Å². The smallest absolute Gasteiger partial charge is 0.255 e. The Morgan fingerprint density at radius 1 is 1.05 bits per heavy atom. The van der Waals surface area contributed by atoms with Crippen LogP contribution in [0.3, 0.4) is 0 Å². The van der Waals surface area contributed by atoms with Crippen molar-refractivity contribution < 1.29 is 18.4 Å². The topological polar surface area (TPSA) is 102 Å². The van der Waals surface area contributed by atoms with Crippen LogP contribution >= 0.6 is 11.3 Å².